The molecule has 0 unspecified atom stereocenters. The maximum Gasteiger partial charge on any atom is 0.276 e. The summed E-state index contributed by atoms with van der Waals surface area (Å²) < 4.78 is 16.6. The van der Waals surface area contributed by atoms with Gasteiger partial charge in [0, 0.05) is 11.6 Å². The number of hydrogen-bond acceptors (Lipinski definition) is 6. The van der Waals surface area contributed by atoms with Crippen molar-refractivity contribution in [2.75, 3.05) is 14.2 Å². The van der Waals surface area contributed by atoms with Crippen molar-refractivity contribution in [3.05, 3.63) is 52.7 Å². The first kappa shape index (κ1) is 18.6. The van der Waals surface area contributed by atoms with Gasteiger partial charge in [0.2, 0.25) is 5.89 Å². The maximum absolute atomic E-state index is 13.3. The van der Waals surface area contributed by atoms with E-state index >= 15 is 0 Å². The Morgan fingerprint density at radius 3 is 2.75 bits per heavy atom. The Bertz CT molecular complexity index is 976. The molecule has 0 saturated heterocycles. The fraction of sp³-hybridized carbons (Fsp3) is 0.333. The Morgan fingerprint density at radius 2 is 2.11 bits per heavy atom. The SMILES string of the molecule is COc1ccc(OC)c(CN(C(=O)c2nc(-c3cccs3)oc2C)C2CC2)c1. The highest BCUT2D eigenvalue weighted by Gasteiger charge is 2.36. The molecule has 146 valence electrons. The number of nitrogens with zero attached hydrogens (tertiary/aromatic N) is 2. The summed E-state index contributed by atoms with van der Waals surface area (Å²) >= 11 is 1.54. The van der Waals surface area contributed by atoms with Crippen LogP contribution in [0.5, 0.6) is 11.5 Å². The van der Waals surface area contributed by atoms with Gasteiger partial charge in [0.25, 0.3) is 5.91 Å². The predicted molar refractivity (Wildman–Crippen MR) is 107 cm³/mol. The molecule has 2 heterocycles. The minimum absolute atomic E-state index is 0.114. The van der Waals surface area contributed by atoms with Crippen LogP contribution in [0.3, 0.4) is 0 Å². The number of methoxy groups -OCH3 is 2. The van der Waals surface area contributed by atoms with E-state index in [0.29, 0.717) is 23.9 Å². The second kappa shape index (κ2) is 7.67. The van der Waals surface area contributed by atoms with Crippen LogP contribution in [0.4, 0.5) is 0 Å². The van der Waals surface area contributed by atoms with Crippen LogP contribution in [0.25, 0.3) is 10.8 Å². The summed E-state index contributed by atoms with van der Waals surface area (Å²) in [7, 11) is 3.25. The number of aryl methyl sites for hydroxylation is 1. The van der Waals surface area contributed by atoms with E-state index in [4.69, 9.17) is 13.9 Å². The first-order valence-corrected chi connectivity index (χ1v) is 10.0. The van der Waals surface area contributed by atoms with Crippen molar-refractivity contribution in [1.82, 2.24) is 9.88 Å². The molecule has 0 N–H and O–H groups in total. The summed E-state index contributed by atoms with van der Waals surface area (Å²) in [6, 6.07) is 9.70. The van der Waals surface area contributed by atoms with Crippen molar-refractivity contribution >= 4 is 17.2 Å². The first-order chi connectivity index (χ1) is 13.6. The average molecular weight is 398 g/mol. The first-order valence-electron chi connectivity index (χ1n) is 9.14. The molecule has 0 atom stereocenters. The number of carbonyl (C=O) groups excluding carboxylic acids is 1. The molecule has 1 aliphatic carbocycles. The van der Waals surface area contributed by atoms with Gasteiger partial charge >= 0.3 is 0 Å². The highest BCUT2D eigenvalue weighted by Crippen LogP contribution is 2.34. The summed E-state index contributed by atoms with van der Waals surface area (Å²) in [5.74, 6) is 2.38. The van der Waals surface area contributed by atoms with E-state index in [9.17, 15) is 4.79 Å². The zero-order valence-corrected chi connectivity index (χ0v) is 16.9. The lowest BCUT2D eigenvalue weighted by atomic mass is 10.1. The number of thiophene rings is 1. The molecule has 3 aromatic rings. The molecule has 1 aliphatic rings. The van der Waals surface area contributed by atoms with E-state index in [0.717, 1.165) is 34.8 Å². The second-order valence-electron chi connectivity index (χ2n) is 6.74. The summed E-state index contributed by atoms with van der Waals surface area (Å²) in [4.78, 5) is 20.6. The van der Waals surface area contributed by atoms with Crippen LogP contribution < -0.4 is 9.47 Å². The molecule has 1 amide bonds. The Kier molecular flexibility index (Phi) is 5.09. The smallest absolute Gasteiger partial charge is 0.276 e. The second-order valence-corrected chi connectivity index (χ2v) is 7.69. The number of rotatable bonds is 7. The van der Waals surface area contributed by atoms with Gasteiger partial charge in [-0.1, -0.05) is 6.07 Å². The lowest BCUT2D eigenvalue weighted by Crippen LogP contribution is -2.33. The van der Waals surface area contributed by atoms with Gasteiger partial charge in [-0.15, -0.1) is 11.3 Å². The Labute approximate surface area is 167 Å². The Balaban J connectivity index is 1.63. The van der Waals surface area contributed by atoms with Crippen molar-refractivity contribution in [1.29, 1.82) is 0 Å². The van der Waals surface area contributed by atoms with Gasteiger partial charge in [-0.25, -0.2) is 4.98 Å². The molecular formula is C21H22N2O4S. The average Bonchev–Trinajstić information content (AvgIpc) is 3.24. The fourth-order valence-corrected chi connectivity index (χ4v) is 3.83. The van der Waals surface area contributed by atoms with E-state index in [1.54, 1.807) is 21.1 Å². The molecule has 6 nitrogen and oxygen atoms in total. The highest BCUT2D eigenvalue weighted by atomic mass is 32.1. The molecule has 4 rings (SSSR count). The summed E-state index contributed by atoms with van der Waals surface area (Å²) in [5, 5.41) is 1.96. The van der Waals surface area contributed by atoms with Gasteiger partial charge < -0.3 is 18.8 Å². The van der Waals surface area contributed by atoms with Crippen LogP contribution in [0.1, 0.15) is 34.7 Å². The number of amides is 1. The van der Waals surface area contributed by atoms with E-state index in [1.165, 1.54) is 11.3 Å². The van der Waals surface area contributed by atoms with Crippen molar-refractivity contribution in [3.8, 4) is 22.3 Å². The number of carbonyl (C=O) groups is 1. The van der Waals surface area contributed by atoms with Crippen molar-refractivity contribution < 1.29 is 18.7 Å². The topological polar surface area (TPSA) is 64.8 Å². The fourth-order valence-electron chi connectivity index (χ4n) is 3.18. The van der Waals surface area contributed by atoms with Crippen molar-refractivity contribution in [3.63, 3.8) is 0 Å². The summed E-state index contributed by atoms with van der Waals surface area (Å²) in [5.41, 5.74) is 1.28. The van der Waals surface area contributed by atoms with Crippen LogP contribution in [-0.2, 0) is 6.54 Å². The minimum atomic E-state index is -0.114. The van der Waals surface area contributed by atoms with Crippen LogP contribution in [0.15, 0.2) is 40.1 Å². The summed E-state index contributed by atoms with van der Waals surface area (Å²) in [6.45, 7) is 2.22. The van der Waals surface area contributed by atoms with Gasteiger partial charge in [0.1, 0.15) is 17.3 Å². The number of oxazole rings is 1. The molecule has 0 spiro atoms. The molecule has 1 fully saturated rings. The number of ether oxygens (including phenoxy) is 2. The zero-order valence-electron chi connectivity index (χ0n) is 16.1. The molecule has 1 saturated carbocycles. The van der Waals surface area contributed by atoms with Crippen LogP contribution in [0, 0.1) is 6.92 Å². The van der Waals surface area contributed by atoms with Gasteiger partial charge in [0.15, 0.2) is 5.69 Å². The third-order valence-electron chi connectivity index (χ3n) is 4.81. The normalized spacial score (nSPS) is 13.4. The molecule has 28 heavy (non-hydrogen) atoms. The monoisotopic (exact) mass is 398 g/mol. The molecule has 0 aliphatic heterocycles. The largest absolute Gasteiger partial charge is 0.497 e. The van der Waals surface area contributed by atoms with E-state index in [-0.39, 0.29) is 11.9 Å². The molecule has 2 aromatic heterocycles. The Morgan fingerprint density at radius 1 is 1.29 bits per heavy atom. The number of hydrogen-bond donors (Lipinski definition) is 0. The number of benzene rings is 1. The molecule has 1 aromatic carbocycles. The minimum Gasteiger partial charge on any atom is -0.497 e. The molecule has 0 bridgehead atoms. The van der Waals surface area contributed by atoms with Crippen LogP contribution in [0.2, 0.25) is 0 Å². The third-order valence-corrected chi connectivity index (χ3v) is 5.67. The maximum atomic E-state index is 13.3. The quantitative estimate of drug-likeness (QED) is 0.585. The zero-order chi connectivity index (χ0) is 19.7. The van der Waals surface area contributed by atoms with Gasteiger partial charge in [0.05, 0.1) is 25.6 Å². The highest BCUT2D eigenvalue weighted by molar-refractivity contribution is 7.13. The van der Waals surface area contributed by atoms with Crippen LogP contribution in [-0.4, -0.2) is 36.1 Å². The predicted octanol–water partition coefficient (Wildman–Crippen LogP) is 4.53. The molecule has 0 radical (unpaired) electrons. The molecular weight excluding hydrogens is 376 g/mol. The van der Waals surface area contributed by atoms with Gasteiger partial charge in [-0.05, 0) is 49.4 Å². The van der Waals surface area contributed by atoms with E-state index < -0.39 is 0 Å². The summed E-state index contributed by atoms with van der Waals surface area (Å²) in [6.07, 6.45) is 1.99. The Hall–Kier alpha value is -2.80. The van der Waals surface area contributed by atoms with Gasteiger partial charge in [-0.3, -0.25) is 4.79 Å². The van der Waals surface area contributed by atoms with Crippen molar-refractivity contribution in [2.24, 2.45) is 0 Å². The standard InChI is InChI=1S/C21H22N2O4S/c1-13-19(22-20(27-13)18-5-4-10-28-18)21(24)23(15-6-7-15)12-14-11-16(25-2)8-9-17(14)26-3/h4-5,8-11,15H,6-7,12H2,1-3H3. The van der Waals surface area contributed by atoms with E-state index in [2.05, 4.69) is 4.98 Å². The lowest BCUT2D eigenvalue weighted by molar-refractivity contribution is 0.0721. The van der Waals surface area contributed by atoms with Crippen LogP contribution >= 0.6 is 11.3 Å². The van der Waals surface area contributed by atoms with Gasteiger partial charge in [-0.2, -0.15) is 0 Å². The third kappa shape index (κ3) is 3.62. The lowest BCUT2D eigenvalue weighted by Gasteiger charge is -2.23. The number of aromatic nitrogens is 1. The molecule has 7 heteroatoms. The van der Waals surface area contributed by atoms with Crippen molar-refractivity contribution in [2.45, 2.75) is 32.4 Å². The van der Waals surface area contributed by atoms with E-state index in [1.807, 2.05) is 40.6 Å².